The van der Waals surface area contributed by atoms with Crippen molar-refractivity contribution >= 4 is 28.5 Å². The molecule has 35 heavy (non-hydrogen) atoms. The van der Waals surface area contributed by atoms with Crippen molar-refractivity contribution in [3.05, 3.63) is 71.9 Å². The molecule has 0 radical (unpaired) electrons. The topological polar surface area (TPSA) is 89.3 Å². The Balaban J connectivity index is 1.66. The number of hydrogen-bond donors (Lipinski definition) is 1. The molecule has 2 heterocycles. The lowest BCUT2D eigenvalue weighted by molar-refractivity contribution is -0.116. The fourth-order valence-corrected chi connectivity index (χ4v) is 3.97. The van der Waals surface area contributed by atoms with E-state index in [0.29, 0.717) is 33.7 Å². The van der Waals surface area contributed by atoms with Crippen molar-refractivity contribution in [2.24, 2.45) is 0 Å². The lowest BCUT2D eigenvalue weighted by Crippen LogP contribution is -2.35. The fraction of sp³-hybridized carbons (Fsp3) is 0.259. The first-order valence-corrected chi connectivity index (χ1v) is 11.4. The van der Waals surface area contributed by atoms with E-state index in [2.05, 4.69) is 10.4 Å². The molecule has 2 amide bonds. The first-order chi connectivity index (χ1) is 16.8. The van der Waals surface area contributed by atoms with E-state index in [0.717, 1.165) is 11.1 Å². The summed E-state index contributed by atoms with van der Waals surface area (Å²) in [6.45, 7) is 5.94. The van der Waals surface area contributed by atoms with Gasteiger partial charge in [-0.1, -0.05) is 30.3 Å². The van der Waals surface area contributed by atoms with Gasteiger partial charge in [0.2, 0.25) is 5.91 Å². The molecule has 0 unspecified atom stereocenters. The molecule has 0 bridgehead atoms. The van der Waals surface area contributed by atoms with E-state index < -0.39 is 0 Å². The first-order valence-electron chi connectivity index (χ1n) is 11.4. The number of anilines is 1. The van der Waals surface area contributed by atoms with Crippen LogP contribution in [0.1, 0.15) is 35.8 Å². The summed E-state index contributed by atoms with van der Waals surface area (Å²) < 4.78 is 7.01. The van der Waals surface area contributed by atoms with Gasteiger partial charge in [-0.2, -0.15) is 5.10 Å². The highest BCUT2D eigenvalue weighted by Gasteiger charge is 2.22. The van der Waals surface area contributed by atoms with Gasteiger partial charge < -0.3 is 15.0 Å². The van der Waals surface area contributed by atoms with Gasteiger partial charge in [0.05, 0.1) is 36.5 Å². The lowest BCUT2D eigenvalue weighted by Gasteiger charge is -2.18. The van der Waals surface area contributed by atoms with Crippen LogP contribution in [0.3, 0.4) is 0 Å². The van der Waals surface area contributed by atoms with Crippen LogP contribution >= 0.6 is 0 Å². The molecule has 0 aliphatic rings. The van der Waals surface area contributed by atoms with E-state index in [4.69, 9.17) is 9.72 Å². The lowest BCUT2D eigenvalue weighted by atomic mass is 10.0. The van der Waals surface area contributed by atoms with Crippen molar-refractivity contribution in [2.45, 2.75) is 26.8 Å². The molecule has 1 N–H and O–H groups in total. The molecule has 8 nitrogen and oxygen atoms in total. The minimum absolute atomic E-state index is 0.0708. The molecular weight excluding hydrogens is 442 g/mol. The van der Waals surface area contributed by atoms with Crippen LogP contribution in [0.5, 0.6) is 5.75 Å². The number of pyridine rings is 1. The maximum absolute atomic E-state index is 13.6. The van der Waals surface area contributed by atoms with E-state index in [9.17, 15) is 9.59 Å². The zero-order valence-electron chi connectivity index (χ0n) is 20.6. The maximum Gasteiger partial charge on any atom is 0.254 e. The van der Waals surface area contributed by atoms with E-state index in [-0.39, 0.29) is 24.4 Å². The number of rotatable bonds is 7. The molecular formula is C27H29N5O3. The summed E-state index contributed by atoms with van der Waals surface area (Å²) in [5, 5.41) is 7.95. The summed E-state index contributed by atoms with van der Waals surface area (Å²) in [6.07, 6.45) is 1.67. The monoisotopic (exact) mass is 471 g/mol. The first kappa shape index (κ1) is 23.9. The number of amides is 2. The molecule has 0 aliphatic carbocycles. The smallest absolute Gasteiger partial charge is 0.254 e. The predicted molar refractivity (Wildman–Crippen MR) is 137 cm³/mol. The molecule has 0 atom stereocenters. The van der Waals surface area contributed by atoms with Gasteiger partial charge in [-0.05, 0) is 44.5 Å². The SMILES string of the molecule is COc1cccc(NC(=O)CN(C)C(=O)c2cc(-c3ccccc3C)nc3c2cnn3C(C)C)c1. The highest BCUT2D eigenvalue weighted by atomic mass is 16.5. The van der Waals surface area contributed by atoms with Crippen molar-refractivity contribution in [1.29, 1.82) is 0 Å². The number of aryl methyl sites for hydroxylation is 1. The van der Waals surface area contributed by atoms with Crippen LogP contribution in [0.15, 0.2) is 60.8 Å². The number of carbonyl (C=O) groups excluding carboxylic acids is 2. The Hall–Kier alpha value is -4.20. The van der Waals surface area contributed by atoms with Crippen LogP contribution in [0.4, 0.5) is 5.69 Å². The van der Waals surface area contributed by atoms with E-state index in [1.807, 2.05) is 49.7 Å². The molecule has 180 valence electrons. The number of methoxy groups -OCH3 is 1. The Bertz CT molecular complexity index is 1390. The Morgan fingerprint density at radius 1 is 1.11 bits per heavy atom. The molecule has 0 spiro atoms. The zero-order valence-corrected chi connectivity index (χ0v) is 20.6. The van der Waals surface area contributed by atoms with Gasteiger partial charge in [0.15, 0.2) is 5.65 Å². The number of hydrogen-bond acceptors (Lipinski definition) is 5. The molecule has 0 saturated carbocycles. The van der Waals surface area contributed by atoms with Crippen LogP contribution in [-0.4, -0.2) is 52.2 Å². The highest BCUT2D eigenvalue weighted by Crippen LogP contribution is 2.29. The molecule has 2 aromatic heterocycles. The van der Waals surface area contributed by atoms with Crippen LogP contribution in [-0.2, 0) is 4.79 Å². The molecule has 4 rings (SSSR count). The largest absolute Gasteiger partial charge is 0.497 e. The van der Waals surface area contributed by atoms with Crippen LogP contribution in [0.25, 0.3) is 22.3 Å². The third kappa shape index (κ3) is 5.01. The van der Waals surface area contributed by atoms with Gasteiger partial charge in [0.1, 0.15) is 5.75 Å². The number of ether oxygens (including phenoxy) is 1. The molecule has 4 aromatic rings. The minimum Gasteiger partial charge on any atom is -0.497 e. The van der Waals surface area contributed by atoms with Crippen LogP contribution < -0.4 is 10.1 Å². The second-order valence-electron chi connectivity index (χ2n) is 8.73. The third-order valence-electron chi connectivity index (χ3n) is 5.79. The summed E-state index contributed by atoms with van der Waals surface area (Å²) in [4.78, 5) is 32.5. The van der Waals surface area contributed by atoms with Gasteiger partial charge >= 0.3 is 0 Å². The van der Waals surface area contributed by atoms with Crippen LogP contribution in [0.2, 0.25) is 0 Å². The van der Waals surface area contributed by atoms with Crippen molar-refractivity contribution in [3.8, 4) is 17.0 Å². The molecule has 8 heteroatoms. The summed E-state index contributed by atoms with van der Waals surface area (Å²) >= 11 is 0. The van der Waals surface area contributed by atoms with Crippen LogP contribution in [0, 0.1) is 6.92 Å². The average molecular weight is 472 g/mol. The van der Waals surface area contributed by atoms with Gasteiger partial charge in [0, 0.05) is 30.4 Å². The molecule has 0 saturated heterocycles. The summed E-state index contributed by atoms with van der Waals surface area (Å²) in [7, 11) is 3.18. The van der Waals surface area contributed by atoms with Crippen molar-refractivity contribution < 1.29 is 14.3 Å². The standard InChI is InChI=1S/C27H29N5O3/c1-17(2)32-26-23(15-28-32)22(14-24(30-26)21-12-7-6-9-18(21)3)27(34)31(4)16-25(33)29-19-10-8-11-20(13-19)35-5/h6-15,17H,16H2,1-5H3,(H,29,33). The number of fused-ring (bicyclic) bond motifs is 1. The Morgan fingerprint density at radius 2 is 1.89 bits per heavy atom. The number of nitrogens with one attached hydrogen (secondary N) is 1. The van der Waals surface area contributed by atoms with Crippen molar-refractivity contribution in [1.82, 2.24) is 19.7 Å². The number of benzene rings is 2. The molecule has 0 fully saturated rings. The van der Waals surface area contributed by atoms with Crippen molar-refractivity contribution in [3.63, 3.8) is 0 Å². The normalized spacial score (nSPS) is 11.0. The Labute approximate surface area is 204 Å². The fourth-order valence-electron chi connectivity index (χ4n) is 3.97. The van der Waals surface area contributed by atoms with E-state index in [1.165, 1.54) is 4.90 Å². The quantitative estimate of drug-likeness (QED) is 0.422. The third-order valence-corrected chi connectivity index (χ3v) is 5.79. The second-order valence-corrected chi connectivity index (χ2v) is 8.73. The molecule has 2 aromatic carbocycles. The van der Waals surface area contributed by atoms with E-state index >= 15 is 0 Å². The second kappa shape index (κ2) is 9.97. The summed E-state index contributed by atoms with van der Waals surface area (Å²) in [6, 6.07) is 16.8. The summed E-state index contributed by atoms with van der Waals surface area (Å²) in [5.74, 6) is 0.0463. The highest BCUT2D eigenvalue weighted by molar-refractivity contribution is 6.08. The van der Waals surface area contributed by atoms with Gasteiger partial charge in [-0.25, -0.2) is 9.67 Å². The predicted octanol–water partition coefficient (Wildman–Crippen LogP) is 4.71. The number of likely N-dealkylation sites (N-methyl/N-ethyl adjacent to an activating group) is 1. The minimum atomic E-state index is -0.309. The van der Waals surface area contributed by atoms with Crippen molar-refractivity contribution in [2.75, 3.05) is 26.0 Å². The summed E-state index contributed by atoms with van der Waals surface area (Å²) in [5.41, 5.74) is 4.38. The van der Waals surface area contributed by atoms with E-state index in [1.54, 1.807) is 50.7 Å². The number of carbonyl (C=O) groups is 2. The van der Waals surface area contributed by atoms with Gasteiger partial charge in [-0.3, -0.25) is 9.59 Å². The number of aromatic nitrogens is 3. The maximum atomic E-state index is 13.6. The Kier molecular flexibility index (Phi) is 6.82. The number of nitrogens with zero attached hydrogens (tertiary/aromatic N) is 4. The zero-order chi connectivity index (χ0) is 25.1. The Morgan fingerprint density at radius 3 is 2.60 bits per heavy atom. The van der Waals surface area contributed by atoms with Gasteiger partial charge in [0.25, 0.3) is 5.91 Å². The molecule has 0 aliphatic heterocycles. The average Bonchev–Trinajstić information content (AvgIpc) is 3.27. The van der Waals surface area contributed by atoms with Gasteiger partial charge in [-0.15, -0.1) is 0 Å².